The highest BCUT2D eigenvalue weighted by atomic mass is 16.6. The fourth-order valence-corrected chi connectivity index (χ4v) is 1.96. The van der Waals surface area contributed by atoms with Gasteiger partial charge in [0.2, 0.25) is 0 Å². The molecule has 1 atom stereocenters. The molecule has 1 rings (SSSR count). The average Bonchev–Trinajstić information content (AvgIpc) is 2.56. The smallest absolute Gasteiger partial charge is 0.408 e. The number of benzene rings is 1. The van der Waals surface area contributed by atoms with Gasteiger partial charge in [-0.15, -0.1) is 0 Å². The van der Waals surface area contributed by atoms with Gasteiger partial charge in [-0.2, -0.15) is 0 Å². The molecule has 0 fully saturated rings. The van der Waals surface area contributed by atoms with Crippen LogP contribution in [0.25, 0.3) is 0 Å². The lowest BCUT2D eigenvalue weighted by molar-refractivity contribution is -0.154. The maximum atomic E-state index is 12.3. The number of esters is 2. The Morgan fingerprint density at radius 2 is 1.67 bits per heavy atom. The first kappa shape index (κ1) is 22.5. The van der Waals surface area contributed by atoms with E-state index in [1.807, 2.05) is 44.2 Å². The summed E-state index contributed by atoms with van der Waals surface area (Å²) in [6.07, 6.45) is -1.15. The van der Waals surface area contributed by atoms with Gasteiger partial charge in [0, 0.05) is 0 Å². The molecule has 0 saturated heterocycles. The van der Waals surface area contributed by atoms with Crippen LogP contribution in [0.2, 0.25) is 0 Å². The monoisotopic (exact) mass is 379 g/mol. The number of carbonyl (C=O) groups is 3. The molecule has 1 N–H and O–H groups in total. The Morgan fingerprint density at radius 3 is 2.22 bits per heavy atom. The highest BCUT2D eigenvalue weighted by Crippen LogP contribution is 2.09. The Bertz CT molecular complexity index is 621. The van der Waals surface area contributed by atoms with E-state index in [9.17, 15) is 14.4 Å². The number of hydrogen-bond acceptors (Lipinski definition) is 6. The summed E-state index contributed by atoms with van der Waals surface area (Å²) >= 11 is 0. The molecule has 0 saturated carbocycles. The minimum Gasteiger partial charge on any atom is -0.464 e. The first-order valence-corrected chi connectivity index (χ1v) is 8.92. The molecule has 0 bridgehead atoms. The van der Waals surface area contributed by atoms with E-state index >= 15 is 0 Å². The van der Waals surface area contributed by atoms with Gasteiger partial charge in [-0.25, -0.2) is 9.59 Å². The molecule has 0 aliphatic heterocycles. The molecule has 0 aromatic heterocycles. The lowest BCUT2D eigenvalue weighted by Gasteiger charge is -2.23. The topological polar surface area (TPSA) is 90.9 Å². The zero-order chi connectivity index (χ0) is 20.4. The SMILES string of the molecule is CC(C)COC(=O)[C@@H](CC(=O)OCc1ccccc1)NC(=O)OC(C)(C)C. The molecule has 0 spiro atoms. The van der Waals surface area contributed by atoms with Crippen LogP contribution in [-0.4, -0.2) is 36.3 Å². The van der Waals surface area contributed by atoms with Crippen LogP contribution in [0.15, 0.2) is 30.3 Å². The lowest BCUT2D eigenvalue weighted by atomic mass is 10.2. The second-order valence-corrected chi connectivity index (χ2v) is 7.57. The Balaban J connectivity index is 2.66. The van der Waals surface area contributed by atoms with Crippen LogP contribution in [0, 0.1) is 5.92 Å². The number of rotatable bonds is 8. The minimum atomic E-state index is -1.18. The molecule has 0 unspecified atom stereocenters. The van der Waals surface area contributed by atoms with Gasteiger partial charge in [0.15, 0.2) is 0 Å². The molecular weight excluding hydrogens is 350 g/mol. The Hall–Kier alpha value is -2.57. The van der Waals surface area contributed by atoms with Crippen LogP contribution in [0.4, 0.5) is 4.79 Å². The summed E-state index contributed by atoms with van der Waals surface area (Å²) < 4.78 is 15.5. The van der Waals surface area contributed by atoms with Gasteiger partial charge < -0.3 is 19.5 Å². The van der Waals surface area contributed by atoms with E-state index in [-0.39, 0.29) is 25.6 Å². The Morgan fingerprint density at radius 1 is 1.04 bits per heavy atom. The van der Waals surface area contributed by atoms with Crippen molar-refractivity contribution in [2.75, 3.05) is 6.61 Å². The third-order valence-electron chi connectivity index (χ3n) is 3.15. The van der Waals surface area contributed by atoms with E-state index in [0.29, 0.717) is 0 Å². The van der Waals surface area contributed by atoms with Crippen molar-refractivity contribution < 1.29 is 28.6 Å². The second-order valence-electron chi connectivity index (χ2n) is 7.57. The third kappa shape index (κ3) is 10.2. The van der Waals surface area contributed by atoms with Crippen molar-refractivity contribution >= 4 is 18.0 Å². The molecule has 150 valence electrons. The molecule has 0 aliphatic carbocycles. The highest BCUT2D eigenvalue weighted by molar-refractivity contribution is 5.86. The first-order valence-electron chi connectivity index (χ1n) is 8.92. The van der Waals surface area contributed by atoms with E-state index in [2.05, 4.69) is 5.32 Å². The summed E-state index contributed by atoms with van der Waals surface area (Å²) in [5.41, 5.74) is 0.0921. The number of carbonyl (C=O) groups excluding carboxylic acids is 3. The fourth-order valence-electron chi connectivity index (χ4n) is 1.96. The molecule has 7 nitrogen and oxygen atoms in total. The summed E-state index contributed by atoms with van der Waals surface area (Å²) in [6, 6.07) is 7.98. The van der Waals surface area contributed by atoms with Crippen LogP contribution in [0.3, 0.4) is 0 Å². The van der Waals surface area contributed by atoms with Gasteiger partial charge in [0.05, 0.1) is 13.0 Å². The van der Waals surface area contributed by atoms with E-state index in [1.165, 1.54) is 0 Å². The molecule has 7 heteroatoms. The van der Waals surface area contributed by atoms with Crippen LogP contribution in [0.5, 0.6) is 0 Å². The summed E-state index contributed by atoms with van der Waals surface area (Å²) in [6.45, 7) is 9.14. The summed E-state index contributed by atoms with van der Waals surface area (Å²) in [7, 11) is 0. The van der Waals surface area contributed by atoms with Crippen LogP contribution in [-0.2, 0) is 30.4 Å². The summed E-state index contributed by atoms with van der Waals surface area (Å²) in [5.74, 6) is -1.20. The largest absolute Gasteiger partial charge is 0.464 e. The van der Waals surface area contributed by atoms with Crippen molar-refractivity contribution in [2.45, 2.75) is 59.3 Å². The van der Waals surface area contributed by atoms with Gasteiger partial charge in [0.25, 0.3) is 0 Å². The van der Waals surface area contributed by atoms with Gasteiger partial charge in [0.1, 0.15) is 18.2 Å². The second kappa shape index (κ2) is 10.5. The summed E-state index contributed by atoms with van der Waals surface area (Å²) in [4.78, 5) is 36.4. The zero-order valence-electron chi connectivity index (χ0n) is 16.6. The molecule has 0 heterocycles. The normalized spacial score (nSPS) is 12.2. The minimum absolute atomic E-state index is 0.0832. The standard InChI is InChI=1S/C20H29NO6/c1-14(2)12-26-18(23)16(21-19(24)27-20(3,4)5)11-17(22)25-13-15-9-7-6-8-10-15/h6-10,14,16H,11-13H2,1-5H3,(H,21,24)/t16-/m1/s1. The quantitative estimate of drug-likeness (QED) is 0.551. The summed E-state index contributed by atoms with van der Waals surface area (Å²) in [5, 5.41) is 2.39. The lowest BCUT2D eigenvalue weighted by Crippen LogP contribution is -2.45. The number of alkyl carbamates (subject to hydrolysis) is 1. The predicted molar refractivity (Wildman–Crippen MR) is 99.8 cm³/mol. The van der Waals surface area contributed by atoms with Gasteiger partial charge in [-0.1, -0.05) is 44.2 Å². The van der Waals surface area contributed by atoms with Crippen molar-refractivity contribution in [3.63, 3.8) is 0 Å². The Labute approximate surface area is 160 Å². The first-order chi connectivity index (χ1) is 12.6. The van der Waals surface area contributed by atoms with E-state index in [0.717, 1.165) is 5.56 Å². The highest BCUT2D eigenvalue weighted by Gasteiger charge is 2.28. The van der Waals surface area contributed by atoms with Crippen molar-refractivity contribution in [3.8, 4) is 0 Å². The Kier molecular flexibility index (Phi) is 8.78. The van der Waals surface area contributed by atoms with Crippen molar-refractivity contribution in [1.29, 1.82) is 0 Å². The molecule has 0 radical (unpaired) electrons. The maximum Gasteiger partial charge on any atom is 0.408 e. The molecular formula is C20H29NO6. The van der Waals surface area contributed by atoms with Crippen molar-refractivity contribution in [1.82, 2.24) is 5.32 Å². The van der Waals surface area contributed by atoms with Gasteiger partial charge in [-0.05, 0) is 32.3 Å². The van der Waals surface area contributed by atoms with Crippen LogP contribution >= 0.6 is 0 Å². The third-order valence-corrected chi connectivity index (χ3v) is 3.15. The van der Waals surface area contributed by atoms with Crippen LogP contribution in [0.1, 0.15) is 46.6 Å². The molecule has 1 amide bonds. The fraction of sp³-hybridized carbons (Fsp3) is 0.550. The number of amides is 1. The maximum absolute atomic E-state index is 12.3. The molecule has 1 aromatic carbocycles. The van der Waals surface area contributed by atoms with E-state index in [1.54, 1.807) is 20.8 Å². The van der Waals surface area contributed by atoms with Gasteiger partial charge >= 0.3 is 18.0 Å². The van der Waals surface area contributed by atoms with Crippen molar-refractivity contribution in [3.05, 3.63) is 35.9 Å². The van der Waals surface area contributed by atoms with Crippen molar-refractivity contribution in [2.24, 2.45) is 5.92 Å². The molecule has 27 heavy (non-hydrogen) atoms. The zero-order valence-corrected chi connectivity index (χ0v) is 16.6. The number of hydrogen-bond donors (Lipinski definition) is 1. The predicted octanol–water partition coefficient (Wildman–Crippen LogP) is 3.21. The molecule has 0 aliphatic rings. The van der Waals surface area contributed by atoms with Crippen LogP contribution < -0.4 is 5.32 Å². The molecule has 1 aromatic rings. The number of ether oxygens (including phenoxy) is 3. The number of nitrogens with one attached hydrogen (secondary N) is 1. The average molecular weight is 379 g/mol. The van der Waals surface area contributed by atoms with E-state index in [4.69, 9.17) is 14.2 Å². The van der Waals surface area contributed by atoms with E-state index < -0.39 is 29.7 Å². The van der Waals surface area contributed by atoms with Gasteiger partial charge in [-0.3, -0.25) is 4.79 Å².